The molecule has 0 aliphatic carbocycles. The van der Waals surface area contributed by atoms with E-state index in [-0.39, 0.29) is 17.7 Å². The maximum Gasteiger partial charge on any atom is 0.307 e. The highest BCUT2D eigenvalue weighted by molar-refractivity contribution is 7.84. The first-order valence-electron chi connectivity index (χ1n) is 6.09. The SMILES string of the molecule is O=C(O)Cc1ccc(S(=O)Cc2cc(Cl)ccc2F)cc1. The Morgan fingerprint density at radius 1 is 1.19 bits per heavy atom. The topological polar surface area (TPSA) is 54.4 Å². The highest BCUT2D eigenvalue weighted by Gasteiger charge is 2.10. The van der Waals surface area contributed by atoms with Gasteiger partial charge in [-0.25, -0.2) is 4.39 Å². The molecule has 0 aliphatic rings. The average Bonchev–Trinajstić information content (AvgIpc) is 2.43. The molecule has 2 aromatic carbocycles. The van der Waals surface area contributed by atoms with Gasteiger partial charge in [-0.15, -0.1) is 0 Å². The van der Waals surface area contributed by atoms with Crippen molar-refractivity contribution < 1.29 is 18.5 Å². The van der Waals surface area contributed by atoms with Crippen molar-refractivity contribution in [1.29, 1.82) is 0 Å². The molecular weight excluding hydrogens is 315 g/mol. The lowest BCUT2D eigenvalue weighted by molar-refractivity contribution is -0.136. The van der Waals surface area contributed by atoms with Crippen molar-refractivity contribution in [3.05, 3.63) is 64.4 Å². The third-order valence-corrected chi connectivity index (χ3v) is 4.44. The van der Waals surface area contributed by atoms with E-state index in [1.54, 1.807) is 24.3 Å². The minimum atomic E-state index is -1.42. The van der Waals surface area contributed by atoms with Crippen LogP contribution in [0.4, 0.5) is 4.39 Å². The van der Waals surface area contributed by atoms with Gasteiger partial charge in [-0.1, -0.05) is 23.7 Å². The number of hydrogen-bond donors (Lipinski definition) is 1. The average molecular weight is 327 g/mol. The third kappa shape index (κ3) is 4.37. The van der Waals surface area contributed by atoms with E-state index in [9.17, 15) is 13.4 Å². The van der Waals surface area contributed by atoms with E-state index < -0.39 is 22.6 Å². The summed E-state index contributed by atoms with van der Waals surface area (Å²) in [5, 5.41) is 9.07. The smallest absolute Gasteiger partial charge is 0.307 e. The quantitative estimate of drug-likeness (QED) is 0.916. The second kappa shape index (κ2) is 6.83. The molecule has 0 aromatic heterocycles. The summed E-state index contributed by atoms with van der Waals surface area (Å²) in [5.41, 5.74) is 0.910. The van der Waals surface area contributed by atoms with Gasteiger partial charge < -0.3 is 5.11 Å². The number of halogens is 2. The zero-order valence-corrected chi connectivity index (χ0v) is 12.5. The first-order valence-corrected chi connectivity index (χ1v) is 7.78. The van der Waals surface area contributed by atoms with Crippen LogP contribution in [-0.2, 0) is 27.8 Å². The van der Waals surface area contributed by atoms with E-state index in [1.807, 2.05) is 0 Å². The summed E-state index contributed by atoms with van der Waals surface area (Å²) in [7, 11) is -1.42. The Labute approximate surface area is 128 Å². The molecule has 0 radical (unpaired) electrons. The predicted octanol–water partition coefficient (Wildman–Crippen LogP) is 3.41. The molecule has 21 heavy (non-hydrogen) atoms. The van der Waals surface area contributed by atoms with Crippen LogP contribution in [0.3, 0.4) is 0 Å². The lowest BCUT2D eigenvalue weighted by atomic mass is 10.2. The largest absolute Gasteiger partial charge is 0.481 e. The van der Waals surface area contributed by atoms with Gasteiger partial charge in [-0.05, 0) is 35.9 Å². The van der Waals surface area contributed by atoms with Crippen molar-refractivity contribution >= 4 is 28.4 Å². The van der Waals surface area contributed by atoms with Crippen molar-refractivity contribution in [3.63, 3.8) is 0 Å². The Hall–Kier alpha value is -1.72. The Bertz CT molecular complexity index is 686. The van der Waals surface area contributed by atoms with Gasteiger partial charge in [0.1, 0.15) is 5.82 Å². The minimum Gasteiger partial charge on any atom is -0.481 e. The first-order chi connectivity index (χ1) is 9.95. The van der Waals surface area contributed by atoms with Gasteiger partial charge in [0.05, 0.1) is 23.0 Å². The van der Waals surface area contributed by atoms with Crippen LogP contribution in [0, 0.1) is 5.82 Å². The predicted molar refractivity (Wildman–Crippen MR) is 79.3 cm³/mol. The monoisotopic (exact) mass is 326 g/mol. The molecule has 6 heteroatoms. The molecule has 0 amide bonds. The fraction of sp³-hybridized carbons (Fsp3) is 0.133. The van der Waals surface area contributed by atoms with Gasteiger partial charge in [-0.3, -0.25) is 9.00 Å². The molecule has 0 aliphatic heterocycles. The molecule has 1 atom stereocenters. The van der Waals surface area contributed by atoms with Crippen molar-refractivity contribution in [2.75, 3.05) is 0 Å². The normalized spacial score (nSPS) is 12.1. The molecule has 0 fully saturated rings. The lowest BCUT2D eigenvalue weighted by Crippen LogP contribution is -2.02. The van der Waals surface area contributed by atoms with E-state index in [2.05, 4.69) is 0 Å². The molecule has 2 rings (SSSR count). The van der Waals surface area contributed by atoms with Crippen molar-refractivity contribution in [1.82, 2.24) is 0 Å². The van der Waals surface area contributed by atoms with Gasteiger partial charge in [-0.2, -0.15) is 0 Å². The van der Waals surface area contributed by atoms with Gasteiger partial charge in [0.25, 0.3) is 0 Å². The van der Waals surface area contributed by atoms with Crippen molar-refractivity contribution in [2.45, 2.75) is 17.1 Å². The molecule has 0 spiro atoms. The van der Waals surface area contributed by atoms with Crippen LogP contribution in [-0.4, -0.2) is 15.3 Å². The number of rotatable bonds is 5. The number of carbonyl (C=O) groups is 1. The second-order valence-electron chi connectivity index (χ2n) is 4.44. The summed E-state index contributed by atoms with van der Waals surface area (Å²) in [4.78, 5) is 11.1. The van der Waals surface area contributed by atoms with E-state index in [0.717, 1.165) is 0 Å². The van der Waals surface area contributed by atoms with Crippen LogP contribution in [0.5, 0.6) is 0 Å². The minimum absolute atomic E-state index is 0.0185. The highest BCUT2D eigenvalue weighted by atomic mass is 35.5. The summed E-state index contributed by atoms with van der Waals surface area (Å²) < 4.78 is 25.8. The fourth-order valence-corrected chi connectivity index (χ4v) is 3.12. The van der Waals surface area contributed by atoms with Crippen LogP contribution in [0.15, 0.2) is 47.4 Å². The number of aliphatic carboxylic acids is 1. The molecule has 2 aromatic rings. The molecular formula is C15H12ClFO3S. The van der Waals surface area contributed by atoms with E-state index in [1.165, 1.54) is 18.2 Å². The molecule has 3 nitrogen and oxygen atoms in total. The van der Waals surface area contributed by atoms with Crippen LogP contribution < -0.4 is 0 Å². The summed E-state index contributed by atoms with van der Waals surface area (Å²) in [6.45, 7) is 0. The number of carboxylic acid groups (broad SMARTS) is 1. The number of hydrogen-bond acceptors (Lipinski definition) is 2. The molecule has 0 saturated carbocycles. The Balaban J connectivity index is 2.13. The Kier molecular flexibility index (Phi) is 5.09. The molecule has 0 heterocycles. The zero-order chi connectivity index (χ0) is 15.4. The van der Waals surface area contributed by atoms with Gasteiger partial charge >= 0.3 is 5.97 Å². The van der Waals surface area contributed by atoms with Gasteiger partial charge in [0.2, 0.25) is 0 Å². The summed E-state index contributed by atoms with van der Waals surface area (Å²) in [5.74, 6) is -1.36. The summed E-state index contributed by atoms with van der Waals surface area (Å²) >= 11 is 5.79. The highest BCUT2D eigenvalue weighted by Crippen LogP contribution is 2.19. The maximum absolute atomic E-state index is 13.6. The molecule has 1 unspecified atom stereocenters. The standard InChI is InChI=1S/C15H12ClFO3S/c16-12-3-6-14(17)11(8-12)9-21(20)13-4-1-10(2-5-13)7-15(18)19/h1-6,8H,7,9H2,(H,18,19). The second-order valence-corrected chi connectivity index (χ2v) is 6.33. The maximum atomic E-state index is 13.6. The van der Waals surface area contributed by atoms with Gasteiger partial charge in [0, 0.05) is 15.5 Å². The molecule has 1 N–H and O–H groups in total. The van der Waals surface area contributed by atoms with Crippen LogP contribution in [0.2, 0.25) is 5.02 Å². The van der Waals surface area contributed by atoms with Crippen LogP contribution in [0.1, 0.15) is 11.1 Å². The third-order valence-electron chi connectivity index (χ3n) is 2.84. The molecule has 0 bridgehead atoms. The summed E-state index contributed by atoms with van der Waals surface area (Å²) in [6, 6.07) is 10.5. The Morgan fingerprint density at radius 2 is 1.86 bits per heavy atom. The van der Waals surface area contributed by atoms with E-state index in [4.69, 9.17) is 16.7 Å². The summed E-state index contributed by atoms with van der Waals surface area (Å²) in [6.07, 6.45) is -0.0875. The van der Waals surface area contributed by atoms with Crippen molar-refractivity contribution in [3.8, 4) is 0 Å². The fourth-order valence-electron chi connectivity index (χ4n) is 1.81. The van der Waals surface area contributed by atoms with Gasteiger partial charge in [0.15, 0.2) is 0 Å². The Morgan fingerprint density at radius 3 is 2.48 bits per heavy atom. The lowest BCUT2D eigenvalue weighted by Gasteiger charge is -2.05. The number of carboxylic acids is 1. The number of benzene rings is 2. The molecule has 0 saturated heterocycles. The van der Waals surface area contributed by atoms with Crippen LogP contribution in [0.25, 0.3) is 0 Å². The van der Waals surface area contributed by atoms with E-state index in [0.29, 0.717) is 15.5 Å². The zero-order valence-electron chi connectivity index (χ0n) is 10.9. The first kappa shape index (κ1) is 15.7. The van der Waals surface area contributed by atoms with Crippen molar-refractivity contribution in [2.24, 2.45) is 0 Å². The van der Waals surface area contributed by atoms with E-state index >= 15 is 0 Å². The van der Waals surface area contributed by atoms with Crippen LogP contribution >= 0.6 is 11.6 Å². The molecule has 110 valence electrons.